The summed E-state index contributed by atoms with van der Waals surface area (Å²) in [7, 11) is 0. The van der Waals surface area contributed by atoms with Crippen molar-refractivity contribution in [3.8, 4) is 0 Å². The van der Waals surface area contributed by atoms with Crippen molar-refractivity contribution < 1.29 is 9.53 Å². The summed E-state index contributed by atoms with van der Waals surface area (Å²) in [5.74, 6) is 1.11. The lowest BCUT2D eigenvalue weighted by Gasteiger charge is -2.29. The van der Waals surface area contributed by atoms with E-state index in [1.807, 2.05) is 18.3 Å². The maximum atomic E-state index is 12.0. The summed E-state index contributed by atoms with van der Waals surface area (Å²) in [5.41, 5.74) is 1.08. The highest BCUT2D eigenvalue weighted by atomic mass is 16.5. The molecule has 1 aromatic rings. The fourth-order valence-electron chi connectivity index (χ4n) is 2.80. The quantitative estimate of drug-likeness (QED) is 0.711. The number of amides is 1. The van der Waals surface area contributed by atoms with Gasteiger partial charge < -0.3 is 15.0 Å². The van der Waals surface area contributed by atoms with Crippen molar-refractivity contribution in [3.05, 3.63) is 23.9 Å². The van der Waals surface area contributed by atoms with E-state index in [0.717, 1.165) is 50.5 Å². The highest BCUT2D eigenvalue weighted by Crippen LogP contribution is 2.18. The number of nitrogens with one attached hydrogen (secondary N) is 1. The van der Waals surface area contributed by atoms with Crippen LogP contribution in [0, 0.1) is 0 Å². The first kappa shape index (κ1) is 17.7. The van der Waals surface area contributed by atoms with E-state index < -0.39 is 0 Å². The molecule has 5 heteroatoms. The van der Waals surface area contributed by atoms with Crippen molar-refractivity contribution in [2.24, 2.45) is 0 Å². The molecule has 1 aromatic heterocycles. The van der Waals surface area contributed by atoms with E-state index in [0.29, 0.717) is 13.0 Å². The van der Waals surface area contributed by atoms with Crippen LogP contribution in [0.1, 0.15) is 51.0 Å². The Morgan fingerprint density at radius 2 is 2.04 bits per heavy atom. The molecule has 0 atom stereocenters. The maximum Gasteiger partial charge on any atom is 0.220 e. The van der Waals surface area contributed by atoms with Gasteiger partial charge in [0.2, 0.25) is 5.91 Å². The van der Waals surface area contributed by atoms with Crippen molar-refractivity contribution >= 4 is 11.7 Å². The molecule has 0 unspecified atom stereocenters. The molecule has 0 saturated carbocycles. The van der Waals surface area contributed by atoms with Crippen molar-refractivity contribution in [1.82, 2.24) is 10.3 Å². The molecule has 5 nitrogen and oxygen atoms in total. The first-order valence-electron chi connectivity index (χ1n) is 8.84. The van der Waals surface area contributed by atoms with Crippen LogP contribution in [0.5, 0.6) is 0 Å². The molecule has 128 valence electrons. The lowest BCUT2D eigenvalue weighted by Crippen LogP contribution is -2.37. The summed E-state index contributed by atoms with van der Waals surface area (Å²) >= 11 is 0. The second-order valence-corrected chi connectivity index (χ2v) is 6.03. The van der Waals surface area contributed by atoms with Gasteiger partial charge in [-0.1, -0.05) is 38.7 Å². The average molecular weight is 319 g/mol. The predicted octanol–water partition coefficient (Wildman–Crippen LogP) is 2.89. The molecule has 1 N–H and O–H groups in total. The topological polar surface area (TPSA) is 54.5 Å². The summed E-state index contributed by atoms with van der Waals surface area (Å²) in [6.07, 6.45) is 8.29. The van der Waals surface area contributed by atoms with Crippen LogP contribution < -0.4 is 10.2 Å². The van der Waals surface area contributed by atoms with Gasteiger partial charge in [-0.2, -0.15) is 0 Å². The number of rotatable bonds is 9. The Kier molecular flexibility index (Phi) is 7.87. The zero-order valence-electron chi connectivity index (χ0n) is 14.2. The molecule has 1 aliphatic heterocycles. The first-order chi connectivity index (χ1) is 11.3. The Labute approximate surface area is 139 Å². The normalized spacial score (nSPS) is 14.7. The van der Waals surface area contributed by atoms with E-state index in [1.165, 1.54) is 19.3 Å². The molecule has 0 radical (unpaired) electrons. The van der Waals surface area contributed by atoms with Crippen LogP contribution >= 0.6 is 0 Å². The lowest BCUT2D eigenvalue weighted by molar-refractivity contribution is -0.121. The summed E-state index contributed by atoms with van der Waals surface area (Å²) in [5, 5.41) is 3.03. The lowest BCUT2D eigenvalue weighted by atomic mass is 10.1. The largest absolute Gasteiger partial charge is 0.378 e. The molecule has 1 fully saturated rings. The van der Waals surface area contributed by atoms with Crippen molar-refractivity contribution in [3.63, 3.8) is 0 Å². The molecule has 2 heterocycles. The van der Waals surface area contributed by atoms with Gasteiger partial charge >= 0.3 is 0 Å². The number of carbonyl (C=O) groups excluding carboxylic acids is 1. The number of hydrogen-bond donors (Lipinski definition) is 1. The van der Waals surface area contributed by atoms with Crippen molar-refractivity contribution in [2.75, 3.05) is 31.2 Å². The highest BCUT2D eigenvalue weighted by molar-refractivity contribution is 5.76. The second-order valence-electron chi connectivity index (χ2n) is 6.03. The van der Waals surface area contributed by atoms with E-state index in [-0.39, 0.29) is 5.91 Å². The van der Waals surface area contributed by atoms with Gasteiger partial charge in [0, 0.05) is 37.8 Å². The number of anilines is 1. The Balaban J connectivity index is 1.77. The number of nitrogens with zero attached hydrogens (tertiary/aromatic N) is 2. The molecule has 0 bridgehead atoms. The number of unbranched alkanes of at least 4 members (excludes halogenated alkanes) is 4. The Hall–Kier alpha value is -1.62. The van der Waals surface area contributed by atoms with Crippen LogP contribution in [0.3, 0.4) is 0 Å². The smallest absolute Gasteiger partial charge is 0.220 e. The number of morpholine rings is 1. The standard InChI is InChI=1S/C18H29N3O2/c1-2-3-4-5-6-9-17(22)20-15-16-8-7-10-19-18(16)21-11-13-23-14-12-21/h7-8,10H,2-6,9,11-15H2,1H3,(H,20,22). The van der Waals surface area contributed by atoms with Gasteiger partial charge in [0.1, 0.15) is 5.82 Å². The van der Waals surface area contributed by atoms with E-state index in [2.05, 4.69) is 22.1 Å². The van der Waals surface area contributed by atoms with Crippen LogP contribution in [0.25, 0.3) is 0 Å². The number of aromatic nitrogens is 1. The van der Waals surface area contributed by atoms with Gasteiger partial charge in [-0.25, -0.2) is 4.98 Å². The highest BCUT2D eigenvalue weighted by Gasteiger charge is 2.16. The zero-order chi connectivity index (χ0) is 16.3. The van der Waals surface area contributed by atoms with Crippen LogP contribution in [-0.2, 0) is 16.1 Å². The van der Waals surface area contributed by atoms with E-state index in [4.69, 9.17) is 4.74 Å². The second kappa shape index (κ2) is 10.2. The summed E-state index contributed by atoms with van der Waals surface area (Å²) in [6.45, 7) is 5.94. The minimum absolute atomic E-state index is 0.137. The Morgan fingerprint density at radius 3 is 2.83 bits per heavy atom. The molecule has 0 spiro atoms. The number of pyridine rings is 1. The van der Waals surface area contributed by atoms with Crippen LogP contribution in [0.4, 0.5) is 5.82 Å². The molecule has 1 aliphatic rings. The molecule has 1 saturated heterocycles. The van der Waals surface area contributed by atoms with Gasteiger partial charge in [-0.05, 0) is 12.5 Å². The number of carbonyl (C=O) groups is 1. The molecule has 0 aliphatic carbocycles. The fourth-order valence-corrected chi connectivity index (χ4v) is 2.80. The van der Waals surface area contributed by atoms with E-state index in [9.17, 15) is 4.79 Å². The van der Waals surface area contributed by atoms with Crippen LogP contribution in [0.15, 0.2) is 18.3 Å². The zero-order valence-corrected chi connectivity index (χ0v) is 14.2. The minimum Gasteiger partial charge on any atom is -0.378 e. The minimum atomic E-state index is 0.137. The Bertz CT molecular complexity index is 473. The SMILES string of the molecule is CCCCCCCC(=O)NCc1cccnc1N1CCOCC1. The third kappa shape index (κ3) is 6.18. The third-order valence-electron chi connectivity index (χ3n) is 4.16. The Morgan fingerprint density at radius 1 is 1.26 bits per heavy atom. The average Bonchev–Trinajstić information content (AvgIpc) is 2.61. The molecular formula is C18H29N3O2. The monoisotopic (exact) mass is 319 g/mol. The molecule has 23 heavy (non-hydrogen) atoms. The van der Waals surface area contributed by atoms with Crippen LogP contribution in [-0.4, -0.2) is 37.2 Å². The summed E-state index contributed by atoms with van der Waals surface area (Å²) in [4.78, 5) is 18.7. The number of ether oxygens (including phenoxy) is 1. The fraction of sp³-hybridized carbons (Fsp3) is 0.667. The van der Waals surface area contributed by atoms with Crippen LogP contribution in [0.2, 0.25) is 0 Å². The molecule has 2 rings (SSSR count). The third-order valence-corrected chi connectivity index (χ3v) is 4.16. The van der Waals surface area contributed by atoms with E-state index in [1.54, 1.807) is 0 Å². The predicted molar refractivity (Wildman–Crippen MR) is 92.5 cm³/mol. The van der Waals surface area contributed by atoms with Gasteiger partial charge in [0.25, 0.3) is 0 Å². The molecule has 0 aromatic carbocycles. The summed E-state index contributed by atoms with van der Waals surface area (Å²) < 4.78 is 5.39. The number of hydrogen-bond acceptors (Lipinski definition) is 4. The van der Waals surface area contributed by atoms with Gasteiger partial charge in [0.05, 0.1) is 13.2 Å². The van der Waals surface area contributed by atoms with E-state index >= 15 is 0 Å². The van der Waals surface area contributed by atoms with Crippen molar-refractivity contribution in [1.29, 1.82) is 0 Å². The molecule has 1 amide bonds. The van der Waals surface area contributed by atoms with Gasteiger partial charge in [-0.3, -0.25) is 4.79 Å². The van der Waals surface area contributed by atoms with Crippen molar-refractivity contribution in [2.45, 2.75) is 52.0 Å². The summed E-state index contributed by atoms with van der Waals surface area (Å²) in [6, 6.07) is 3.97. The first-order valence-corrected chi connectivity index (χ1v) is 8.84. The van der Waals surface area contributed by atoms with Gasteiger partial charge in [-0.15, -0.1) is 0 Å². The maximum absolute atomic E-state index is 12.0. The molecular weight excluding hydrogens is 290 g/mol. The van der Waals surface area contributed by atoms with Gasteiger partial charge in [0.15, 0.2) is 0 Å².